The minimum Gasteiger partial charge on any atom is -0.387 e. The number of ether oxygens (including phenoxy) is 1. The van der Waals surface area contributed by atoms with Gasteiger partial charge in [0.05, 0.1) is 17.8 Å². The number of aliphatic hydroxyl groups excluding tert-OH is 1. The van der Waals surface area contributed by atoms with Crippen molar-refractivity contribution in [3.05, 3.63) is 77.6 Å². The minimum absolute atomic E-state index is 0.137. The average molecular weight is 480 g/mol. The molecule has 0 saturated carbocycles. The van der Waals surface area contributed by atoms with Crippen molar-refractivity contribution < 1.29 is 28.5 Å². The van der Waals surface area contributed by atoms with Crippen LogP contribution in [0.25, 0.3) is 22.5 Å². The number of aliphatic hydroxyl groups is 1. The monoisotopic (exact) mass is 480 g/mol. The molecule has 6 nitrogen and oxygen atoms in total. The third-order valence-electron chi connectivity index (χ3n) is 5.35. The van der Waals surface area contributed by atoms with Crippen molar-refractivity contribution >= 4 is 14.0 Å². The van der Waals surface area contributed by atoms with Gasteiger partial charge in [0.25, 0.3) is 0 Å². The molecule has 0 bridgehead atoms. The minimum atomic E-state index is -3.01. The number of hydrogen-bond acceptors (Lipinski definition) is 5. The van der Waals surface area contributed by atoms with E-state index in [1.54, 1.807) is 12.2 Å². The number of carbonyl (C=O) groups excluding carboxylic acids is 1. The normalized spacial score (nSPS) is 13.1. The van der Waals surface area contributed by atoms with Crippen molar-refractivity contribution in [1.82, 2.24) is 4.98 Å². The van der Waals surface area contributed by atoms with Crippen LogP contribution < -0.4 is 0 Å². The lowest BCUT2D eigenvalue weighted by Crippen LogP contribution is -2.23. The fraction of sp³-hybridized carbons (Fsp3) is 0.231. The molecule has 0 fully saturated rings. The van der Waals surface area contributed by atoms with Crippen molar-refractivity contribution in [1.29, 1.82) is 0 Å². The molecule has 0 spiro atoms. The van der Waals surface area contributed by atoms with E-state index in [0.717, 1.165) is 5.56 Å². The highest BCUT2D eigenvalue weighted by atomic mass is 31.1. The van der Waals surface area contributed by atoms with E-state index in [9.17, 15) is 23.7 Å². The van der Waals surface area contributed by atoms with Gasteiger partial charge in [-0.25, -0.2) is 9.37 Å². The lowest BCUT2D eigenvalue weighted by Gasteiger charge is -2.22. The highest BCUT2D eigenvalue weighted by molar-refractivity contribution is 7.38. The Balaban J connectivity index is 2.30. The molecule has 34 heavy (non-hydrogen) atoms. The van der Waals surface area contributed by atoms with Crippen LogP contribution in [0.5, 0.6) is 0 Å². The Bertz CT molecular complexity index is 1220. The van der Waals surface area contributed by atoms with Crippen LogP contribution in [0, 0.1) is 18.3 Å². The van der Waals surface area contributed by atoms with Gasteiger partial charge in [-0.2, -0.15) is 4.89 Å². The van der Waals surface area contributed by atoms with E-state index in [1.165, 1.54) is 24.3 Å². The van der Waals surface area contributed by atoms with Crippen LogP contribution >= 0.6 is 8.03 Å². The van der Waals surface area contributed by atoms with E-state index in [-0.39, 0.29) is 5.92 Å². The topological polar surface area (TPSA) is 96.7 Å². The summed E-state index contributed by atoms with van der Waals surface area (Å²) in [6.07, 6.45) is 4.55. The average Bonchev–Trinajstić information content (AvgIpc) is 2.80. The van der Waals surface area contributed by atoms with Crippen molar-refractivity contribution in [3.63, 3.8) is 0 Å². The molecule has 3 atom stereocenters. The lowest BCUT2D eigenvalue weighted by molar-refractivity contribution is -0.139. The van der Waals surface area contributed by atoms with E-state index in [4.69, 9.17) is 11.4 Å². The summed E-state index contributed by atoms with van der Waals surface area (Å²) in [6, 6.07) is 16.7. The van der Waals surface area contributed by atoms with Crippen LogP contribution in [0.1, 0.15) is 43.0 Å². The number of rotatable bonds is 8. The zero-order valence-electron chi connectivity index (χ0n) is 18.7. The van der Waals surface area contributed by atoms with Crippen LogP contribution in [0.15, 0.2) is 60.7 Å². The summed E-state index contributed by atoms with van der Waals surface area (Å²) in [5.41, 5.74) is 1.86. The molecule has 0 aliphatic rings. The first kappa shape index (κ1) is 25.2. The van der Waals surface area contributed by atoms with Gasteiger partial charge >= 0.3 is 14.0 Å². The molecule has 3 unspecified atom stereocenters. The molecule has 0 saturated heterocycles. The summed E-state index contributed by atoms with van der Waals surface area (Å²) in [7, 11) is -3.01. The highest BCUT2D eigenvalue weighted by Crippen LogP contribution is 2.48. The van der Waals surface area contributed by atoms with Gasteiger partial charge in [-0.15, -0.1) is 0 Å². The molecule has 2 N–H and O–H groups in total. The van der Waals surface area contributed by atoms with E-state index >= 15 is 0 Å². The van der Waals surface area contributed by atoms with Gasteiger partial charge in [0.1, 0.15) is 18.0 Å². The standard InChI is InChI=1S/C26H23FNO5P/c1-4-33-23(30)15-22(29)26(34(31)32)24-20(16(2)3)14-21(17-8-6-5-7-9-17)28-25(24)18-10-12-19(27)13-11-18/h1,5-14,16,22,26,29H,15H2,2-3H3/p+1. The van der Waals surface area contributed by atoms with E-state index < -0.39 is 38.0 Å². The number of carbonyl (C=O) groups is 1. The second-order valence-electron chi connectivity index (χ2n) is 8.00. The molecule has 3 rings (SSSR count). The van der Waals surface area contributed by atoms with E-state index in [2.05, 4.69) is 4.74 Å². The van der Waals surface area contributed by atoms with Crippen LogP contribution in [0.3, 0.4) is 0 Å². The summed E-state index contributed by atoms with van der Waals surface area (Å²) >= 11 is 0. The van der Waals surface area contributed by atoms with Gasteiger partial charge in [-0.3, -0.25) is 4.79 Å². The number of halogens is 1. The van der Waals surface area contributed by atoms with Gasteiger partial charge in [0, 0.05) is 16.7 Å². The summed E-state index contributed by atoms with van der Waals surface area (Å²) in [5, 5.41) is 10.8. The Kier molecular flexibility index (Phi) is 8.25. The first-order valence-corrected chi connectivity index (χ1v) is 11.9. The fourth-order valence-corrected chi connectivity index (χ4v) is 4.68. The van der Waals surface area contributed by atoms with Crippen LogP contribution in [0.4, 0.5) is 4.39 Å². The van der Waals surface area contributed by atoms with E-state index in [1.807, 2.05) is 44.2 Å². The number of esters is 1. The summed E-state index contributed by atoms with van der Waals surface area (Å²) in [6.45, 7) is 3.81. The number of aromatic nitrogens is 1. The van der Waals surface area contributed by atoms with Crippen LogP contribution in [-0.2, 0) is 14.1 Å². The third-order valence-corrected chi connectivity index (χ3v) is 6.42. The van der Waals surface area contributed by atoms with Crippen molar-refractivity contribution in [2.45, 2.75) is 37.9 Å². The molecule has 0 radical (unpaired) electrons. The maximum atomic E-state index is 13.7. The molecule has 1 aromatic heterocycles. The second-order valence-corrected chi connectivity index (χ2v) is 9.16. The predicted octanol–water partition coefficient (Wildman–Crippen LogP) is 5.34. The maximum Gasteiger partial charge on any atom is 0.516 e. The van der Waals surface area contributed by atoms with Crippen LogP contribution in [-0.4, -0.2) is 27.1 Å². The number of pyridine rings is 1. The van der Waals surface area contributed by atoms with Gasteiger partial charge in [-0.1, -0.05) is 50.6 Å². The lowest BCUT2D eigenvalue weighted by atomic mass is 9.88. The maximum absolute atomic E-state index is 13.7. The molecule has 1 heterocycles. The van der Waals surface area contributed by atoms with E-state index in [0.29, 0.717) is 28.1 Å². The summed E-state index contributed by atoms with van der Waals surface area (Å²) < 4.78 is 30.7. The number of benzene rings is 2. The molecule has 0 amide bonds. The largest absolute Gasteiger partial charge is 0.516 e. The highest BCUT2D eigenvalue weighted by Gasteiger charge is 2.44. The summed E-state index contributed by atoms with van der Waals surface area (Å²) in [5.74, 6) is -1.49. The van der Waals surface area contributed by atoms with Crippen molar-refractivity contribution in [2.24, 2.45) is 0 Å². The van der Waals surface area contributed by atoms with Crippen molar-refractivity contribution in [3.8, 4) is 35.0 Å². The molecule has 0 aliphatic heterocycles. The van der Waals surface area contributed by atoms with Gasteiger partial charge < -0.3 is 9.84 Å². The Hall–Kier alpha value is -3.43. The zero-order valence-corrected chi connectivity index (χ0v) is 19.6. The molecule has 8 heteroatoms. The number of nitrogens with zero attached hydrogens (tertiary/aromatic N) is 1. The van der Waals surface area contributed by atoms with Gasteiger partial charge in [0.15, 0.2) is 0 Å². The molecule has 2 aromatic carbocycles. The zero-order chi connectivity index (χ0) is 24.8. The fourth-order valence-electron chi connectivity index (χ4n) is 3.79. The molecule has 0 aliphatic carbocycles. The third kappa shape index (κ3) is 5.73. The summed E-state index contributed by atoms with van der Waals surface area (Å²) in [4.78, 5) is 26.9. The smallest absolute Gasteiger partial charge is 0.387 e. The SMILES string of the molecule is C#COC(=O)CC(O)C(c1c(C(C)C)cc(-c2ccccc2)nc1-c1ccc(F)cc1)[P+](=O)O. The Morgan fingerprint density at radius 3 is 2.35 bits per heavy atom. The number of hydrogen-bond donors (Lipinski definition) is 2. The predicted molar refractivity (Wildman–Crippen MR) is 127 cm³/mol. The molecular weight excluding hydrogens is 456 g/mol. The quantitative estimate of drug-likeness (QED) is 0.257. The second kappa shape index (κ2) is 11.1. The van der Waals surface area contributed by atoms with Crippen molar-refractivity contribution in [2.75, 3.05) is 0 Å². The number of terminal acetylenes is 1. The Morgan fingerprint density at radius 1 is 1.15 bits per heavy atom. The molecule has 3 aromatic rings. The first-order chi connectivity index (χ1) is 16.2. The molecular formula is C26H24FNO5P+. The molecule has 174 valence electrons. The van der Waals surface area contributed by atoms with Gasteiger partial charge in [0.2, 0.25) is 5.66 Å². The first-order valence-electron chi connectivity index (χ1n) is 10.6. The Morgan fingerprint density at radius 2 is 1.79 bits per heavy atom. The van der Waals surface area contributed by atoms with Gasteiger partial charge in [-0.05, 0) is 46.4 Å². The Labute approximate surface area is 198 Å². The van der Waals surface area contributed by atoms with Crippen LogP contribution in [0.2, 0.25) is 0 Å².